The molecule has 5 rings (SSSR count). The minimum atomic E-state index is -0.669. The zero-order valence-corrected chi connectivity index (χ0v) is 23.6. The van der Waals surface area contributed by atoms with E-state index in [0.717, 1.165) is 57.3 Å². The number of piperidine rings is 1. The molecule has 0 aliphatic carbocycles. The first kappa shape index (κ1) is 27.6. The topological polar surface area (TPSA) is 43.8 Å². The van der Waals surface area contributed by atoms with Crippen LogP contribution in [0.4, 0.5) is 4.39 Å². The van der Waals surface area contributed by atoms with Crippen LogP contribution in [0.1, 0.15) is 53.1 Å². The maximum atomic E-state index is 13.5. The summed E-state index contributed by atoms with van der Waals surface area (Å²) in [5.74, 6) is 0.269. The van der Waals surface area contributed by atoms with Crippen LogP contribution in [0.25, 0.3) is 0 Å². The van der Waals surface area contributed by atoms with Crippen LogP contribution in [-0.4, -0.2) is 59.1 Å². The fraction of sp³-hybridized carbons (Fsp3) is 0.433. The molecule has 0 radical (unpaired) electrons. The van der Waals surface area contributed by atoms with E-state index in [1.54, 1.807) is 41.7 Å². The highest BCUT2D eigenvalue weighted by atomic mass is 35.5. The minimum Gasteiger partial charge on any atom is -0.390 e. The molecule has 8 heteroatoms. The summed E-state index contributed by atoms with van der Waals surface area (Å²) in [6, 6.07) is 14.1. The van der Waals surface area contributed by atoms with Gasteiger partial charge in [0.05, 0.1) is 21.2 Å². The number of hydrogen-bond acceptors (Lipinski definition) is 4. The van der Waals surface area contributed by atoms with E-state index in [2.05, 4.69) is 21.7 Å². The molecule has 202 valence electrons. The molecule has 3 heterocycles. The number of hydrogen-bond donors (Lipinski definition) is 1. The van der Waals surface area contributed by atoms with Gasteiger partial charge < -0.3 is 14.9 Å². The number of carbonyl (C=O) groups is 1. The minimum absolute atomic E-state index is 0.0773. The number of carbonyl (C=O) groups excluding carboxylic acids is 1. The van der Waals surface area contributed by atoms with Gasteiger partial charge in [-0.15, -0.1) is 0 Å². The van der Waals surface area contributed by atoms with Gasteiger partial charge in [-0.1, -0.05) is 41.4 Å². The Kier molecular flexibility index (Phi) is 8.75. The number of rotatable bonds is 8. The molecule has 0 unspecified atom stereocenters. The van der Waals surface area contributed by atoms with Gasteiger partial charge in [0.25, 0.3) is 5.91 Å². The van der Waals surface area contributed by atoms with E-state index >= 15 is 0 Å². The van der Waals surface area contributed by atoms with E-state index in [0.29, 0.717) is 34.6 Å². The molecule has 1 aromatic heterocycles. The summed E-state index contributed by atoms with van der Waals surface area (Å²) in [7, 11) is 0. The molecule has 2 aliphatic rings. The molecule has 0 spiro atoms. The largest absolute Gasteiger partial charge is 0.390 e. The number of thiophene rings is 1. The summed E-state index contributed by atoms with van der Waals surface area (Å²) in [6.45, 7) is 3.86. The number of nitrogens with zero attached hydrogens (tertiary/aromatic N) is 2. The molecule has 4 nitrogen and oxygen atoms in total. The van der Waals surface area contributed by atoms with Gasteiger partial charge in [0, 0.05) is 38.6 Å². The van der Waals surface area contributed by atoms with Crippen LogP contribution in [0.15, 0.2) is 59.3 Å². The quantitative estimate of drug-likeness (QED) is 0.318. The summed E-state index contributed by atoms with van der Waals surface area (Å²) in [5, 5.41) is 16.2. The lowest BCUT2D eigenvalue weighted by atomic mass is 9.84. The lowest BCUT2D eigenvalue weighted by Crippen LogP contribution is -2.46. The van der Waals surface area contributed by atoms with Gasteiger partial charge in [-0.2, -0.15) is 11.3 Å². The van der Waals surface area contributed by atoms with Gasteiger partial charge in [0.2, 0.25) is 0 Å². The van der Waals surface area contributed by atoms with E-state index in [4.69, 9.17) is 23.2 Å². The molecular formula is C30H33Cl2FN2O2S. The zero-order valence-electron chi connectivity index (χ0n) is 21.3. The van der Waals surface area contributed by atoms with Gasteiger partial charge in [-0.3, -0.25) is 4.79 Å². The third kappa shape index (κ3) is 6.43. The van der Waals surface area contributed by atoms with E-state index in [1.165, 1.54) is 11.6 Å². The molecule has 0 saturated carbocycles. The Hall–Kier alpha value is -1.96. The number of halogens is 3. The SMILES string of the molecule is O=C(c1cccc(Cl)c1Cl)N1C[C@@H](CN2CCC(O)(CCCc3cccc(F)c3)CC2)[C@H](c2ccsc2)C1. The molecule has 1 N–H and O–H groups in total. The standard InChI is InChI=1S/C30H33Cl2FN2O2S/c31-27-8-2-7-25(28(27)32)29(36)35-18-23(26(19-35)22-9-15-38-20-22)17-34-13-11-30(37,12-14-34)10-3-5-21-4-1-6-24(33)16-21/h1-2,4,6-9,15-16,20,23,26,37H,3,5,10-14,17-19H2/t23-,26+/m1/s1. The Morgan fingerprint density at radius 1 is 1.11 bits per heavy atom. The monoisotopic (exact) mass is 574 g/mol. The summed E-state index contributed by atoms with van der Waals surface area (Å²) in [5.41, 5.74) is 2.03. The Morgan fingerprint density at radius 3 is 2.63 bits per heavy atom. The van der Waals surface area contributed by atoms with Gasteiger partial charge in [-0.05, 0) is 90.2 Å². The summed E-state index contributed by atoms with van der Waals surface area (Å²) < 4.78 is 13.5. The molecule has 2 atom stereocenters. The molecular weight excluding hydrogens is 542 g/mol. The summed E-state index contributed by atoms with van der Waals surface area (Å²) in [6.07, 6.45) is 3.79. The smallest absolute Gasteiger partial charge is 0.255 e. The van der Waals surface area contributed by atoms with Crippen molar-refractivity contribution in [1.82, 2.24) is 9.80 Å². The van der Waals surface area contributed by atoms with Crippen LogP contribution < -0.4 is 0 Å². The van der Waals surface area contributed by atoms with Crippen LogP contribution in [0.5, 0.6) is 0 Å². The average molecular weight is 576 g/mol. The third-order valence-corrected chi connectivity index (χ3v) is 9.68. The van der Waals surface area contributed by atoms with Crippen molar-refractivity contribution in [2.75, 3.05) is 32.7 Å². The molecule has 2 aromatic carbocycles. The van der Waals surface area contributed by atoms with Crippen LogP contribution in [0, 0.1) is 11.7 Å². The number of amides is 1. The number of aryl methyl sites for hydroxylation is 1. The van der Waals surface area contributed by atoms with Gasteiger partial charge in [0.1, 0.15) is 5.82 Å². The number of aliphatic hydroxyl groups is 1. The van der Waals surface area contributed by atoms with Crippen molar-refractivity contribution in [1.29, 1.82) is 0 Å². The maximum absolute atomic E-state index is 13.5. The molecule has 38 heavy (non-hydrogen) atoms. The highest BCUT2D eigenvalue weighted by Gasteiger charge is 2.39. The molecule has 2 fully saturated rings. The van der Waals surface area contributed by atoms with Gasteiger partial charge >= 0.3 is 0 Å². The van der Waals surface area contributed by atoms with E-state index in [1.807, 2.05) is 11.0 Å². The van der Waals surface area contributed by atoms with E-state index in [9.17, 15) is 14.3 Å². The van der Waals surface area contributed by atoms with Crippen molar-refractivity contribution in [2.24, 2.45) is 5.92 Å². The molecule has 3 aromatic rings. The first-order chi connectivity index (χ1) is 18.3. The first-order valence-corrected chi connectivity index (χ1v) is 15.0. The summed E-state index contributed by atoms with van der Waals surface area (Å²) >= 11 is 14.2. The van der Waals surface area contributed by atoms with Crippen LogP contribution in [-0.2, 0) is 6.42 Å². The Morgan fingerprint density at radius 2 is 1.89 bits per heavy atom. The number of benzene rings is 2. The van der Waals surface area contributed by atoms with Crippen molar-refractivity contribution >= 4 is 40.4 Å². The van der Waals surface area contributed by atoms with Crippen molar-refractivity contribution in [2.45, 2.75) is 43.6 Å². The molecule has 2 aliphatic heterocycles. The molecule has 1 amide bonds. The maximum Gasteiger partial charge on any atom is 0.255 e. The fourth-order valence-corrected chi connectivity index (χ4v) is 7.08. The first-order valence-electron chi connectivity index (χ1n) is 13.3. The van der Waals surface area contributed by atoms with Crippen molar-refractivity contribution < 1.29 is 14.3 Å². The van der Waals surface area contributed by atoms with Gasteiger partial charge in [-0.25, -0.2) is 4.39 Å². The molecule has 2 saturated heterocycles. The highest BCUT2D eigenvalue weighted by molar-refractivity contribution is 7.08. The predicted molar refractivity (Wildman–Crippen MR) is 153 cm³/mol. The lowest BCUT2D eigenvalue weighted by molar-refractivity contribution is -0.0315. The van der Waals surface area contributed by atoms with Crippen molar-refractivity contribution in [3.63, 3.8) is 0 Å². The van der Waals surface area contributed by atoms with Crippen LogP contribution in [0.3, 0.4) is 0 Å². The second kappa shape index (κ2) is 12.1. The second-order valence-corrected chi connectivity index (χ2v) is 12.3. The van der Waals surface area contributed by atoms with Gasteiger partial charge in [0.15, 0.2) is 0 Å². The normalized spacial score (nSPS) is 21.6. The van der Waals surface area contributed by atoms with E-state index in [-0.39, 0.29) is 17.6 Å². The zero-order chi connectivity index (χ0) is 26.7. The Bertz CT molecular complexity index is 1250. The fourth-order valence-electron chi connectivity index (χ4n) is 5.97. The van der Waals surface area contributed by atoms with E-state index < -0.39 is 5.60 Å². The van der Waals surface area contributed by atoms with Crippen molar-refractivity contribution in [3.8, 4) is 0 Å². The van der Waals surface area contributed by atoms with Crippen molar-refractivity contribution in [3.05, 3.63) is 91.8 Å². The average Bonchev–Trinajstić information content (AvgIpc) is 3.57. The van der Waals surface area contributed by atoms with Crippen LogP contribution in [0.2, 0.25) is 10.0 Å². The summed E-state index contributed by atoms with van der Waals surface area (Å²) in [4.78, 5) is 17.7. The molecule has 0 bridgehead atoms. The van der Waals surface area contributed by atoms with Crippen LogP contribution >= 0.6 is 34.5 Å². The highest BCUT2D eigenvalue weighted by Crippen LogP contribution is 2.37. The second-order valence-electron chi connectivity index (χ2n) is 10.7. The Balaban J connectivity index is 1.18. The number of likely N-dealkylation sites (tertiary alicyclic amines) is 2. The third-order valence-electron chi connectivity index (χ3n) is 8.16. The lowest BCUT2D eigenvalue weighted by Gasteiger charge is -2.39. The Labute approximate surface area is 238 Å². The predicted octanol–water partition coefficient (Wildman–Crippen LogP) is 6.90.